The highest BCUT2D eigenvalue weighted by Crippen LogP contribution is 2.26. The zero-order chi connectivity index (χ0) is 25.1. The highest BCUT2D eigenvalue weighted by atomic mass is 16.5. The van der Waals surface area contributed by atoms with Gasteiger partial charge in [-0.3, -0.25) is 14.4 Å². The van der Waals surface area contributed by atoms with E-state index in [1.165, 1.54) is 17.2 Å². The van der Waals surface area contributed by atoms with E-state index in [0.29, 0.717) is 11.3 Å². The molecule has 0 bridgehead atoms. The van der Waals surface area contributed by atoms with Gasteiger partial charge in [0.25, 0.3) is 17.7 Å². The number of ether oxygens (including phenoxy) is 1. The molecule has 0 unspecified atom stereocenters. The van der Waals surface area contributed by atoms with Gasteiger partial charge >= 0.3 is 5.97 Å². The zero-order valence-corrected chi connectivity index (χ0v) is 19.4. The Balaban J connectivity index is 1.23. The van der Waals surface area contributed by atoms with Gasteiger partial charge in [-0.2, -0.15) is 0 Å². The largest absolute Gasteiger partial charge is 0.459 e. The summed E-state index contributed by atoms with van der Waals surface area (Å²) in [5, 5.41) is 5.54. The van der Waals surface area contributed by atoms with Crippen molar-refractivity contribution in [3.8, 4) is 0 Å². The first-order chi connectivity index (χ1) is 17.5. The third-order valence-corrected chi connectivity index (χ3v) is 6.18. The minimum absolute atomic E-state index is 0.121. The fourth-order valence-corrected chi connectivity index (χ4v) is 4.15. The quantitative estimate of drug-likeness (QED) is 0.495. The van der Waals surface area contributed by atoms with Crippen LogP contribution in [0.3, 0.4) is 0 Å². The molecular weight excluding hydrogens is 462 g/mol. The van der Waals surface area contributed by atoms with Crippen molar-refractivity contribution in [2.24, 2.45) is 0 Å². The highest BCUT2D eigenvalue weighted by molar-refractivity contribution is 5.98. The average Bonchev–Trinajstić information content (AvgIpc) is 3.53. The Hall–Kier alpha value is -4.40. The van der Waals surface area contributed by atoms with Gasteiger partial charge in [-0.25, -0.2) is 4.79 Å². The number of carbonyl (C=O) groups is 4. The van der Waals surface area contributed by atoms with E-state index in [4.69, 9.17) is 9.15 Å². The van der Waals surface area contributed by atoms with Crippen molar-refractivity contribution in [2.75, 3.05) is 11.9 Å². The first kappa shape index (κ1) is 23.3. The summed E-state index contributed by atoms with van der Waals surface area (Å²) in [7, 11) is 0. The fraction of sp³-hybridized carbons (Fsp3) is 0.259. The molecule has 2 heterocycles. The Labute approximate surface area is 207 Å². The highest BCUT2D eigenvalue weighted by Gasteiger charge is 2.37. The van der Waals surface area contributed by atoms with Gasteiger partial charge in [-0.05, 0) is 54.3 Å². The second kappa shape index (κ2) is 10.1. The van der Waals surface area contributed by atoms with Gasteiger partial charge in [0.15, 0.2) is 12.4 Å². The summed E-state index contributed by atoms with van der Waals surface area (Å²) < 4.78 is 10.6. The molecule has 2 aliphatic rings. The number of anilines is 1. The fourth-order valence-electron chi connectivity index (χ4n) is 4.15. The molecule has 1 atom stereocenters. The van der Waals surface area contributed by atoms with E-state index >= 15 is 0 Å². The van der Waals surface area contributed by atoms with Gasteiger partial charge < -0.3 is 24.7 Å². The number of furan rings is 1. The maximum Gasteiger partial charge on any atom is 0.329 e. The maximum absolute atomic E-state index is 13.0. The minimum atomic E-state index is -0.903. The molecule has 184 valence electrons. The Morgan fingerprint density at radius 3 is 2.53 bits per heavy atom. The number of benzene rings is 2. The molecule has 5 rings (SSSR count). The van der Waals surface area contributed by atoms with Crippen LogP contribution >= 0.6 is 0 Å². The summed E-state index contributed by atoms with van der Waals surface area (Å²) in [6.07, 6.45) is 3.61. The van der Waals surface area contributed by atoms with Crippen molar-refractivity contribution in [3.63, 3.8) is 0 Å². The summed E-state index contributed by atoms with van der Waals surface area (Å²) in [5.41, 5.74) is 2.73. The van der Waals surface area contributed by atoms with Gasteiger partial charge in [0.1, 0.15) is 6.04 Å². The number of amides is 3. The smallest absolute Gasteiger partial charge is 0.329 e. The molecule has 0 radical (unpaired) electrons. The predicted octanol–water partition coefficient (Wildman–Crippen LogP) is 2.92. The van der Waals surface area contributed by atoms with Crippen molar-refractivity contribution in [1.82, 2.24) is 10.2 Å². The molecule has 1 saturated carbocycles. The van der Waals surface area contributed by atoms with Gasteiger partial charge in [-0.15, -0.1) is 0 Å². The van der Waals surface area contributed by atoms with Crippen molar-refractivity contribution in [3.05, 3.63) is 89.4 Å². The molecule has 2 N–H and O–H groups in total. The molecule has 1 aromatic heterocycles. The molecular formula is C27H25N3O6. The summed E-state index contributed by atoms with van der Waals surface area (Å²) in [6, 6.07) is 16.6. The van der Waals surface area contributed by atoms with Crippen LogP contribution in [0.2, 0.25) is 0 Å². The number of esters is 1. The van der Waals surface area contributed by atoms with E-state index in [9.17, 15) is 19.2 Å². The van der Waals surface area contributed by atoms with Crippen molar-refractivity contribution in [1.29, 1.82) is 0 Å². The molecule has 2 aromatic carbocycles. The summed E-state index contributed by atoms with van der Waals surface area (Å²) in [6.45, 7) is -0.310. The third-order valence-electron chi connectivity index (χ3n) is 6.18. The lowest BCUT2D eigenvalue weighted by atomic mass is 9.93. The van der Waals surface area contributed by atoms with Crippen LogP contribution in [0.4, 0.5) is 5.69 Å². The van der Waals surface area contributed by atoms with Crippen LogP contribution in [0.5, 0.6) is 0 Å². The minimum Gasteiger partial charge on any atom is -0.459 e. The number of carbonyl (C=O) groups excluding carboxylic acids is 4. The normalized spacial score (nSPS) is 16.6. The number of rotatable bonds is 7. The summed E-state index contributed by atoms with van der Waals surface area (Å²) >= 11 is 0. The first-order valence-electron chi connectivity index (χ1n) is 11.8. The van der Waals surface area contributed by atoms with Crippen LogP contribution < -0.4 is 10.6 Å². The Morgan fingerprint density at radius 1 is 0.972 bits per heavy atom. The zero-order valence-electron chi connectivity index (χ0n) is 19.4. The molecule has 9 nitrogen and oxygen atoms in total. The number of nitrogens with zero attached hydrogens (tertiary/aromatic N) is 1. The van der Waals surface area contributed by atoms with Crippen LogP contribution in [0.15, 0.2) is 71.3 Å². The molecule has 1 aliphatic heterocycles. The van der Waals surface area contributed by atoms with Gasteiger partial charge in [0, 0.05) is 30.3 Å². The second-order valence-corrected chi connectivity index (χ2v) is 8.88. The Morgan fingerprint density at radius 2 is 1.78 bits per heavy atom. The maximum atomic E-state index is 13.0. The number of fused-ring (bicyclic) bond motifs is 1. The number of hydrogen-bond donors (Lipinski definition) is 2. The number of hydrogen-bond acceptors (Lipinski definition) is 6. The topological polar surface area (TPSA) is 118 Å². The lowest BCUT2D eigenvalue weighted by Gasteiger charge is -2.34. The SMILES string of the molecule is O=C(COC(=O)[C@@H]1Cc2ccccc2CN1C(=O)c1ccco1)Nc1cccc(C(=O)NC2CC2)c1. The monoisotopic (exact) mass is 487 g/mol. The van der Waals surface area contributed by atoms with E-state index in [2.05, 4.69) is 10.6 Å². The predicted molar refractivity (Wildman–Crippen MR) is 129 cm³/mol. The second-order valence-electron chi connectivity index (χ2n) is 8.88. The van der Waals surface area contributed by atoms with Crippen LogP contribution in [-0.2, 0) is 27.3 Å². The third kappa shape index (κ3) is 5.30. The Bertz CT molecular complexity index is 1300. The molecule has 0 spiro atoms. The van der Waals surface area contributed by atoms with E-state index in [-0.39, 0.29) is 30.7 Å². The molecule has 1 fully saturated rings. The van der Waals surface area contributed by atoms with E-state index in [1.54, 1.807) is 30.3 Å². The van der Waals surface area contributed by atoms with Gasteiger partial charge in [0.05, 0.1) is 6.26 Å². The number of nitrogens with one attached hydrogen (secondary N) is 2. The molecule has 0 saturated heterocycles. The van der Waals surface area contributed by atoms with Crippen molar-refractivity contribution in [2.45, 2.75) is 37.9 Å². The van der Waals surface area contributed by atoms with E-state index < -0.39 is 30.4 Å². The van der Waals surface area contributed by atoms with Crippen LogP contribution in [0.1, 0.15) is 44.9 Å². The molecule has 9 heteroatoms. The van der Waals surface area contributed by atoms with E-state index in [1.807, 2.05) is 24.3 Å². The van der Waals surface area contributed by atoms with Crippen molar-refractivity contribution >= 4 is 29.4 Å². The standard InChI is InChI=1S/C27H25N3O6/c31-24(28-21-8-3-7-18(13-21)25(32)29-20-10-11-20)16-36-27(34)22-14-17-5-1-2-6-19(17)15-30(22)26(33)23-9-4-12-35-23/h1-9,12-13,20,22H,10-11,14-16H2,(H,28,31)(H,29,32)/t22-/m0/s1. The average molecular weight is 488 g/mol. The van der Waals surface area contributed by atoms with Gasteiger partial charge in [-0.1, -0.05) is 30.3 Å². The molecule has 1 aliphatic carbocycles. The van der Waals surface area contributed by atoms with Crippen LogP contribution in [-0.4, -0.2) is 47.3 Å². The lowest BCUT2D eigenvalue weighted by molar-refractivity contribution is -0.152. The molecule has 3 amide bonds. The van der Waals surface area contributed by atoms with Crippen LogP contribution in [0.25, 0.3) is 0 Å². The first-order valence-corrected chi connectivity index (χ1v) is 11.8. The van der Waals surface area contributed by atoms with Crippen molar-refractivity contribution < 1.29 is 28.3 Å². The van der Waals surface area contributed by atoms with E-state index in [0.717, 1.165) is 24.0 Å². The summed E-state index contributed by atoms with van der Waals surface area (Å²) in [4.78, 5) is 52.2. The molecule has 36 heavy (non-hydrogen) atoms. The lowest BCUT2D eigenvalue weighted by Crippen LogP contribution is -2.49. The Kier molecular flexibility index (Phi) is 6.53. The van der Waals surface area contributed by atoms with Crippen LogP contribution in [0, 0.1) is 0 Å². The molecule has 3 aromatic rings. The summed E-state index contributed by atoms with van der Waals surface area (Å²) in [5.74, 6) is -1.74. The van der Waals surface area contributed by atoms with Gasteiger partial charge in [0.2, 0.25) is 0 Å².